The van der Waals surface area contributed by atoms with Crippen molar-refractivity contribution in [3.05, 3.63) is 66.0 Å². The monoisotopic (exact) mass is 453 g/mol. The molecule has 0 bridgehead atoms. The summed E-state index contributed by atoms with van der Waals surface area (Å²) < 4.78 is 18.6. The van der Waals surface area contributed by atoms with Gasteiger partial charge in [-0.25, -0.2) is 4.39 Å². The van der Waals surface area contributed by atoms with E-state index >= 15 is 0 Å². The van der Waals surface area contributed by atoms with E-state index in [1.165, 1.54) is 24.3 Å². The first-order valence-electron chi connectivity index (χ1n) is 11.3. The smallest absolute Gasteiger partial charge is 0.260 e. The molecule has 7 nitrogen and oxygen atoms in total. The lowest BCUT2D eigenvalue weighted by molar-refractivity contribution is -0.142. The van der Waals surface area contributed by atoms with Crippen LogP contribution in [0, 0.1) is 11.7 Å². The highest BCUT2D eigenvalue weighted by Crippen LogP contribution is 2.21. The van der Waals surface area contributed by atoms with Crippen molar-refractivity contribution in [2.75, 3.05) is 45.9 Å². The number of halogens is 1. The number of rotatable bonds is 5. The van der Waals surface area contributed by atoms with Crippen molar-refractivity contribution in [3.8, 4) is 5.75 Å². The number of nitrogens with zero attached hydrogens (tertiary/aromatic N) is 3. The standard InChI is InChI=1S/C25H28FN3O4/c26-21-8-6-19(7-9-21)24(31)28-14-16-29(17-15-28)25(32)20-10-12-27(13-11-20)23(30)18-33-22-4-2-1-3-5-22/h1-9,20H,10-18H2. The molecular weight excluding hydrogens is 425 g/mol. The summed E-state index contributed by atoms with van der Waals surface area (Å²) in [6.45, 7) is 2.94. The van der Waals surface area contributed by atoms with Gasteiger partial charge in [-0.2, -0.15) is 0 Å². The lowest BCUT2D eigenvalue weighted by atomic mass is 9.95. The van der Waals surface area contributed by atoms with Gasteiger partial charge in [0.25, 0.3) is 11.8 Å². The number of likely N-dealkylation sites (tertiary alicyclic amines) is 1. The molecular formula is C25H28FN3O4. The van der Waals surface area contributed by atoms with Gasteiger partial charge in [-0.05, 0) is 49.2 Å². The van der Waals surface area contributed by atoms with Crippen molar-refractivity contribution in [2.24, 2.45) is 5.92 Å². The predicted molar refractivity (Wildman–Crippen MR) is 120 cm³/mol. The Morgan fingerprint density at radius 3 is 2.03 bits per heavy atom. The Morgan fingerprint density at radius 2 is 1.39 bits per heavy atom. The molecule has 0 radical (unpaired) electrons. The van der Waals surface area contributed by atoms with Gasteiger partial charge in [-0.3, -0.25) is 14.4 Å². The molecule has 0 saturated carbocycles. The van der Waals surface area contributed by atoms with Crippen LogP contribution in [0.3, 0.4) is 0 Å². The van der Waals surface area contributed by atoms with Crippen LogP contribution < -0.4 is 4.74 Å². The summed E-state index contributed by atoms with van der Waals surface area (Å²) in [5.41, 5.74) is 0.449. The third kappa shape index (κ3) is 5.69. The Hall–Kier alpha value is -3.42. The highest BCUT2D eigenvalue weighted by atomic mass is 19.1. The zero-order valence-electron chi connectivity index (χ0n) is 18.5. The number of carbonyl (C=O) groups is 3. The second-order valence-corrected chi connectivity index (χ2v) is 8.38. The molecule has 174 valence electrons. The molecule has 0 spiro atoms. The summed E-state index contributed by atoms with van der Waals surface area (Å²) in [5, 5.41) is 0. The maximum Gasteiger partial charge on any atom is 0.260 e. The molecule has 2 aliphatic rings. The number of benzene rings is 2. The van der Waals surface area contributed by atoms with Crippen LogP contribution in [0.1, 0.15) is 23.2 Å². The third-order valence-electron chi connectivity index (χ3n) is 6.27. The normalized spacial score (nSPS) is 17.1. The fraction of sp³-hybridized carbons (Fsp3) is 0.400. The second-order valence-electron chi connectivity index (χ2n) is 8.38. The average Bonchev–Trinajstić information content (AvgIpc) is 2.87. The molecule has 2 aliphatic heterocycles. The lowest BCUT2D eigenvalue weighted by Crippen LogP contribution is -2.53. The first-order valence-corrected chi connectivity index (χ1v) is 11.3. The molecule has 2 aromatic carbocycles. The van der Waals surface area contributed by atoms with Crippen LogP contribution in [0.2, 0.25) is 0 Å². The number of piperazine rings is 1. The lowest BCUT2D eigenvalue weighted by Gasteiger charge is -2.38. The van der Waals surface area contributed by atoms with Gasteiger partial charge in [-0.15, -0.1) is 0 Å². The second kappa shape index (κ2) is 10.5. The molecule has 3 amide bonds. The molecule has 2 aromatic rings. The first-order chi connectivity index (χ1) is 16.0. The van der Waals surface area contributed by atoms with Gasteiger partial charge in [0, 0.05) is 50.7 Å². The van der Waals surface area contributed by atoms with Gasteiger partial charge in [-0.1, -0.05) is 18.2 Å². The molecule has 0 aliphatic carbocycles. The molecule has 33 heavy (non-hydrogen) atoms. The number of amides is 3. The average molecular weight is 454 g/mol. The largest absolute Gasteiger partial charge is 0.484 e. The summed E-state index contributed by atoms with van der Waals surface area (Å²) in [5.74, 6) is 0.0515. The zero-order valence-corrected chi connectivity index (χ0v) is 18.5. The molecule has 8 heteroatoms. The van der Waals surface area contributed by atoms with Gasteiger partial charge >= 0.3 is 0 Å². The number of piperidine rings is 1. The maximum atomic E-state index is 13.1. The minimum Gasteiger partial charge on any atom is -0.484 e. The van der Waals surface area contributed by atoms with Crippen LogP contribution >= 0.6 is 0 Å². The molecule has 0 aromatic heterocycles. The van der Waals surface area contributed by atoms with Crippen LogP contribution in [-0.2, 0) is 9.59 Å². The van der Waals surface area contributed by atoms with E-state index in [0.717, 1.165) is 0 Å². The summed E-state index contributed by atoms with van der Waals surface area (Å²) >= 11 is 0. The number of para-hydroxylation sites is 1. The number of ether oxygens (including phenoxy) is 1. The van der Waals surface area contributed by atoms with Crippen molar-refractivity contribution in [2.45, 2.75) is 12.8 Å². The van der Waals surface area contributed by atoms with Crippen LogP contribution in [0.5, 0.6) is 5.75 Å². The number of carbonyl (C=O) groups excluding carboxylic acids is 3. The van der Waals surface area contributed by atoms with E-state index in [4.69, 9.17) is 4.74 Å². The predicted octanol–water partition coefficient (Wildman–Crippen LogP) is 2.43. The van der Waals surface area contributed by atoms with Crippen molar-refractivity contribution < 1.29 is 23.5 Å². The van der Waals surface area contributed by atoms with Crippen LogP contribution in [0.25, 0.3) is 0 Å². The highest BCUT2D eigenvalue weighted by Gasteiger charge is 2.32. The minimum absolute atomic E-state index is 0.00727. The van der Waals surface area contributed by atoms with Crippen LogP contribution in [0.15, 0.2) is 54.6 Å². The molecule has 4 rings (SSSR count). The van der Waals surface area contributed by atoms with Gasteiger partial charge in [0.05, 0.1) is 0 Å². The van der Waals surface area contributed by atoms with Gasteiger partial charge in [0.15, 0.2) is 6.61 Å². The first kappa shape index (κ1) is 22.8. The van der Waals surface area contributed by atoms with E-state index in [1.54, 1.807) is 9.80 Å². The summed E-state index contributed by atoms with van der Waals surface area (Å²) in [7, 11) is 0. The fourth-order valence-corrected chi connectivity index (χ4v) is 4.29. The summed E-state index contributed by atoms with van der Waals surface area (Å²) in [6, 6.07) is 14.7. The Balaban J connectivity index is 1.20. The SMILES string of the molecule is O=C(COc1ccccc1)N1CCC(C(=O)N2CCN(C(=O)c3ccc(F)cc3)CC2)CC1. The molecule has 0 N–H and O–H groups in total. The van der Waals surface area contributed by atoms with Gasteiger partial charge in [0.2, 0.25) is 5.91 Å². The van der Waals surface area contributed by atoms with E-state index in [9.17, 15) is 18.8 Å². The number of hydrogen-bond donors (Lipinski definition) is 0. The van der Waals surface area contributed by atoms with E-state index in [2.05, 4.69) is 0 Å². The van der Waals surface area contributed by atoms with E-state index in [0.29, 0.717) is 63.4 Å². The Labute approximate surface area is 192 Å². The maximum absolute atomic E-state index is 13.1. The van der Waals surface area contributed by atoms with E-state index in [1.807, 2.05) is 35.2 Å². The van der Waals surface area contributed by atoms with E-state index < -0.39 is 0 Å². The Kier molecular flexibility index (Phi) is 7.22. The van der Waals surface area contributed by atoms with Gasteiger partial charge in [0.1, 0.15) is 11.6 Å². The van der Waals surface area contributed by atoms with Crippen LogP contribution in [-0.4, -0.2) is 78.3 Å². The Bertz CT molecular complexity index is 967. The van der Waals surface area contributed by atoms with E-state index in [-0.39, 0.29) is 36.1 Å². The summed E-state index contributed by atoms with van der Waals surface area (Å²) in [6.07, 6.45) is 1.26. The minimum atomic E-state index is -0.376. The zero-order chi connectivity index (χ0) is 23.2. The fourth-order valence-electron chi connectivity index (χ4n) is 4.29. The molecule has 0 atom stereocenters. The highest BCUT2D eigenvalue weighted by molar-refractivity contribution is 5.94. The quantitative estimate of drug-likeness (QED) is 0.697. The molecule has 2 fully saturated rings. The molecule has 2 heterocycles. The summed E-state index contributed by atoms with van der Waals surface area (Å²) in [4.78, 5) is 43.3. The number of hydrogen-bond acceptors (Lipinski definition) is 4. The van der Waals surface area contributed by atoms with Crippen molar-refractivity contribution in [1.29, 1.82) is 0 Å². The topological polar surface area (TPSA) is 70.2 Å². The third-order valence-corrected chi connectivity index (χ3v) is 6.27. The van der Waals surface area contributed by atoms with Gasteiger partial charge < -0.3 is 19.4 Å². The Morgan fingerprint density at radius 1 is 0.788 bits per heavy atom. The molecule has 0 unspecified atom stereocenters. The van der Waals surface area contributed by atoms with Crippen molar-refractivity contribution in [1.82, 2.24) is 14.7 Å². The van der Waals surface area contributed by atoms with Crippen molar-refractivity contribution in [3.63, 3.8) is 0 Å². The van der Waals surface area contributed by atoms with Crippen molar-refractivity contribution >= 4 is 17.7 Å². The van der Waals surface area contributed by atoms with Crippen LogP contribution in [0.4, 0.5) is 4.39 Å². The molecule has 2 saturated heterocycles.